The Hall–Kier alpha value is -3.41. The topological polar surface area (TPSA) is 76.8 Å². The van der Waals surface area contributed by atoms with Gasteiger partial charge in [0.15, 0.2) is 12.0 Å². The Labute approximate surface area is 162 Å². The highest BCUT2D eigenvalue weighted by molar-refractivity contribution is 5.90. The Bertz CT molecular complexity index is 1100. The van der Waals surface area contributed by atoms with Crippen molar-refractivity contribution in [3.8, 4) is 0 Å². The third kappa shape index (κ3) is 4.28. The highest BCUT2D eigenvalue weighted by atomic mass is 16.5. The predicted octanol–water partition coefficient (Wildman–Crippen LogP) is 3.23. The van der Waals surface area contributed by atoms with Crippen LogP contribution < -0.4 is 5.43 Å². The lowest BCUT2D eigenvalue weighted by Crippen LogP contribution is -2.31. The number of hydrogen-bond acceptors (Lipinski definition) is 5. The summed E-state index contributed by atoms with van der Waals surface area (Å²) in [4.78, 5) is 38.2. The minimum absolute atomic E-state index is 0.226. The van der Waals surface area contributed by atoms with Gasteiger partial charge in [-0.05, 0) is 37.1 Å². The molecule has 144 valence electrons. The van der Waals surface area contributed by atoms with Crippen LogP contribution in [0.25, 0.3) is 11.0 Å². The van der Waals surface area contributed by atoms with Crippen molar-refractivity contribution in [3.63, 3.8) is 0 Å². The Balaban J connectivity index is 1.66. The fourth-order valence-corrected chi connectivity index (χ4v) is 2.81. The molecule has 0 aliphatic heterocycles. The van der Waals surface area contributed by atoms with Gasteiger partial charge in [-0.25, -0.2) is 4.79 Å². The molecule has 0 fully saturated rings. The number of nitrogens with zero attached hydrogens (tertiary/aromatic N) is 1. The average Bonchev–Trinajstić information content (AvgIpc) is 2.67. The zero-order valence-corrected chi connectivity index (χ0v) is 16.0. The number of hydrogen-bond donors (Lipinski definition) is 0. The van der Waals surface area contributed by atoms with Gasteiger partial charge in [0.05, 0.1) is 5.39 Å². The van der Waals surface area contributed by atoms with Crippen molar-refractivity contribution in [1.29, 1.82) is 0 Å². The molecule has 0 atom stereocenters. The second kappa shape index (κ2) is 8.08. The molecule has 3 rings (SSSR count). The van der Waals surface area contributed by atoms with E-state index in [2.05, 4.69) is 0 Å². The van der Waals surface area contributed by atoms with Crippen molar-refractivity contribution >= 4 is 22.8 Å². The van der Waals surface area contributed by atoms with Gasteiger partial charge in [-0.3, -0.25) is 9.59 Å². The number of rotatable bonds is 5. The first-order valence-corrected chi connectivity index (χ1v) is 8.85. The quantitative estimate of drug-likeness (QED) is 0.636. The van der Waals surface area contributed by atoms with Crippen LogP contribution in [0.5, 0.6) is 0 Å². The lowest BCUT2D eigenvalue weighted by Gasteiger charge is -2.18. The lowest BCUT2D eigenvalue weighted by molar-refractivity contribution is -0.133. The van der Waals surface area contributed by atoms with Crippen LogP contribution in [-0.2, 0) is 16.1 Å². The second-order valence-electron chi connectivity index (χ2n) is 6.73. The molecule has 0 spiro atoms. The van der Waals surface area contributed by atoms with Crippen molar-refractivity contribution in [1.82, 2.24) is 4.90 Å². The number of carbonyl (C=O) groups excluding carboxylic acids is 2. The van der Waals surface area contributed by atoms with Crippen molar-refractivity contribution in [2.45, 2.75) is 20.4 Å². The van der Waals surface area contributed by atoms with E-state index in [0.717, 1.165) is 22.8 Å². The summed E-state index contributed by atoms with van der Waals surface area (Å²) in [6.45, 7) is 3.81. The summed E-state index contributed by atoms with van der Waals surface area (Å²) in [7, 11) is 1.64. The summed E-state index contributed by atoms with van der Waals surface area (Å²) in [5.41, 5.74) is 2.97. The summed E-state index contributed by atoms with van der Waals surface area (Å²) < 4.78 is 10.5. The molecule has 2 aromatic carbocycles. The van der Waals surface area contributed by atoms with Crippen LogP contribution in [0, 0.1) is 13.8 Å². The van der Waals surface area contributed by atoms with Gasteiger partial charge in [0.25, 0.3) is 5.91 Å². The molecule has 0 aliphatic carbocycles. The van der Waals surface area contributed by atoms with Gasteiger partial charge in [0, 0.05) is 19.7 Å². The lowest BCUT2D eigenvalue weighted by atomic mass is 10.1. The van der Waals surface area contributed by atoms with Gasteiger partial charge in [-0.15, -0.1) is 0 Å². The van der Waals surface area contributed by atoms with Gasteiger partial charge >= 0.3 is 5.97 Å². The zero-order valence-electron chi connectivity index (χ0n) is 16.0. The summed E-state index contributed by atoms with van der Waals surface area (Å²) >= 11 is 0. The Kier molecular flexibility index (Phi) is 5.59. The fraction of sp³-hybridized carbons (Fsp3) is 0.227. The van der Waals surface area contributed by atoms with Gasteiger partial charge in [-0.2, -0.15) is 0 Å². The van der Waals surface area contributed by atoms with E-state index in [1.165, 1.54) is 4.90 Å². The minimum Gasteiger partial charge on any atom is -0.450 e. The molecular weight excluding hydrogens is 358 g/mol. The molecule has 0 radical (unpaired) electrons. The number of ether oxygens (including phenoxy) is 1. The molecule has 0 saturated carbocycles. The van der Waals surface area contributed by atoms with Gasteiger partial charge < -0.3 is 14.1 Å². The first-order chi connectivity index (χ1) is 13.3. The first-order valence-electron chi connectivity index (χ1n) is 8.85. The summed E-state index contributed by atoms with van der Waals surface area (Å²) in [6, 6.07) is 13.9. The smallest absolute Gasteiger partial charge is 0.374 e. The number of esters is 1. The van der Waals surface area contributed by atoms with E-state index in [1.54, 1.807) is 25.2 Å². The van der Waals surface area contributed by atoms with E-state index >= 15 is 0 Å². The van der Waals surface area contributed by atoms with E-state index in [1.807, 2.05) is 38.1 Å². The normalized spacial score (nSPS) is 10.7. The van der Waals surface area contributed by atoms with Crippen molar-refractivity contribution in [2.75, 3.05) is 13.7 Å². The van der Waals surface area contributed by atoms with Gasteiger partial charge in [0.1, 0.15) is 5.58 Å². The molecule has 6 nitrogen and oxygen atoms in total. The molecule has 0 aliphatic rings. The van der Waals surface area contributed by atoms with Crippen LogP contribution in [0.3, 0.4) is 0 Å². The van der Waals surface area contributed by atoms with Crippen LogP contribution in [0.2, 0.25) is 0 Å². The Morgan fingerprint density at radius 3 is 2.57 bits per heavy atom. The fourth-order valence-electron chi connectivity index (χ4n) is 2.81. The predicted molar refractivity (Wildman–Crippen MR) is 105 cm³/mol. The number of benzene rings is 2. The number of aryl methyl sites for hydroxylation is 2. The summed E-state index contributed by atoms with van der Waals surface area (Å²) in [6.07, 6.45) is 0. The second-order valence-corrected chi connectivity index (χ2v) is 6.73. The molecule has 1 aromatic heterocycles. The Morgan fingerprint density at radius 2 is 1.82 bits per heavy atom. The summed E-state index contributed by atoms with van der Waals surface area (Å²) in [5.74, 6) is -1.43. The maximum absolute atomic E-state index is 12.3. The number of likely N-dealkylation sites (N-methyl/N-ethyl adjacent to an activating group) is 1. The molecule has 0 N–H and O–H groups in total. The Morgan fingerprint density at radius 1 is 1.07 bits per heavy atom. The first kappa shape index (κ1) is 19.4. The molecule has 3 aromatic rings. The van der Waals surface area contributed by atoms with Crippen LogP contribution in [0.15, 0.2) is 57.7 Å². The molecule has 0 unspecified atom stereocenters. The van der Waals surface area contributed by atoms with E-state index in [-0.39, 0.29) is 17.1 Å². The van der Waals surface area contributed by atoms with Crippen LogP contribution in [0.4, 0.5) is 0 Å². The van der Waals surface area contributed by atoms with Crippen molar-refractivity contribution in [2.24, 2.45) is 0 Å². The standard InChI is InChI=1S/C22H21NO5/c1-14-8-9-19-17(10-14)18(24)11-20(28-19)22(26)27-13-21(25)23(3)12-16-7-5-4-6-15(16)2/h4-11H,12-13H2,1-3H3. The molecule has 28 heavy (non-hydrogen) atoms. The van der Waals surface area contributed by atoms with Crippen LogP contribution in [-0.4, -0.2) is 30.4 Å². The zero-order chi connectivity index (χ0) is 20.3. The molecule has 0 bridgehead atoms. The van der Waals surface area contributed by atoms with E-state index < -0.39 is 12.6 Å². The van der Waals surface area contributed by atoms with Gasteiger partial charge in [0.2, 0.25) is 5.76 Å². The summed E-state index contributed by atoms with van der Waals surface area (Å²) in [5, 5.41) is 0.394. The minimum atomic E-state index is -0.850. The molecule has 6 heteroatoms. The maximum Gasteiger partial charge on any atom is 0.374 e. The van der Waals surface area contributed by atoms with E-state index in [9.17, 15) is 14.4 Å². The number of amides is 1. The SMILES string of the molecule is Cc1ccc2oc(C(=O)OCC(=O)N(C)Cc3ccccc3C)cc(=O)c2c1. The highest BCUT2D eigenvalue weighted by Gasteiger charge is 2.17. The van der Waals surface area contributed by atoms with Crippen LogP contribution >= 0.6 is 0 Å². The highest BCUT2D eigenvalue weighted by Crippen LogP contribution is 2.15. The molecule has 1 amide bonds. The number of carbonyl (C=O) groups is 2. The third-order valence-electron chi connectivity index (χ3n) is 4.51. The van der Waals surface area contributed by atoms with Crippen LogP contribution in [0.1, 0.15) is 27.2 Å². The molecule has 1 heterocycles. The molecule has 0 saturated heterocycles. The van der Waals surface area contributed by atoms with Crippen molar-refractivity contribution in [3.05, 3.63) is 81.2 Å². The van der Waals surface area contributed by atoms with E-state index in [4.69, 9.17) is 9.15 Å². The monoisotopic (exact) mass is 379 g/mol. The average molecular weight is 379 g/mol. The molecular formula is C22H21NO5. The van der Waals surface area contributed by atoms with Gasteiger partial charge in [-0.1, -0.05) is 35.9 Å². The third-order valence-corrected chi connectivity index (χ3v) is 4.51. The maximum atomic E-state index is 12.3. The number of fused-ring (bicyclic) bond motifs is 1. The van der Waals surface area contributed by atoms with E-state index in [0.29, 0.717) is 17.5 Å². The van der Waals surface area contributed by atoms with Crippen molar-refractivity contribution < 1.29 is 18.7 Å². The largest absolute Gasteiger partial charge is 0.450 e.